The minimum atomic E-state index is -0.954. The summed E-state index contributed by atoms with van der Waals surface area (Å²) in [5.41, 5.74) is 6.73. The van der Waals surface area contributed by atoms with Crippen LogP contribution in [0.3, 0.4) is 0 Å². The van der Waals surface area contributed by atoms with Crippen LogP contribution in [0.4, 0.5) is 4.39 Å². The molecule has 0 saturated carbocycles. The van der Waals surface area contributed by atoms with E-state index in [2.05, 4.69) is 22.4 Å². The molecule has 4 aromatic rings. The predicted octanol–water partition coefficient (Wildman–Crippen LogP) is 6.83. The normalized spacial score (nSPS) is 14.7. The number of nitrogens with one attached hydrogen (secondary N) is 1. The molecule has 1 aliphatic carbocycles. The van der Waals surface area contributed by atoms with E-state index in [9.17, 15) is 19.6 Å². The number of carboxylic acid groups (broad SMARTS) is 1. The lowest BCUT2D eigenvalue weighted by Crippen LogP contribution is -2.33. The third-order valence-corrected chi connectivity index (χ3v) is 7.89. The average molecular weight is 570 g/mol. The number of fused-ring (bicyclic) bond motifs is 1. The molecule has 1 heterocycles. The Balaban J connectivity index is 1.43. The van der Waals surface area contributed by atoms with E-state index in [4.69, 9.17) is 16.3 Å². The van der Waals surface area contributed by atoms with Gasteiger partial charge in [-0.05, 0) is 78.6 Å². The van der Waals surface area contributed by atoms with Gasteiger partial charge in [0.1, 0.15) is 30.3 Å². The second-order valence-corrected chi connectivity index (χ2v) is 10.7. The molecule has 2 atom stereocenters. The second-order valence-electron chi connectivity index (χ2n) is 10.3. The van der Waals surface area contributed by atoms with Crippen molar-refractivity contribution in [3.63, 3.8) is 0 Å². The predicted molar refractivity (Wildman–Crippen MR) is 155 cm³/mol. The number of halogens is 2. The van der Waals surface area contributed by atoms with Gasteiger partial charge < -0.3 is 15.2 Å². The number of aromatic nitrogens is 1. The van der Waals surface area contributed by atoms with Crippen molar-refractivity contribution < 1.29 is 19.0 Å². The molecule has 3 aromatic carbocycles. The molecular formula is C33H29ClFN3O3. The van der Waals surface area contributed by atoms with Crippen LogP contribution in [0.2, 0.25) is 5.02 Å². The summed E-state index contributed by atoms with van der Waals surface area (Å²) >= 11 is 6.79. The molecule has 0 unspecified atom stereocenters. The molecule has 208 valence electrons. The van der Waals surface area contributed by atoms with Gasteiger partial charge >= 0.3 is 5.97 Å². The molecule has 2 N–H and O–H groups in total. The summed E-state index contributed by atoms with van der Waals surface area (Å²) in [4.78, 5) is 15.5. The van der Waals surface area contributed by atoms with E-state index >= 15 is 0 Å². The number of benzene rings is 3. The molecule has 41 heavy (non-hydrogen) atoms. The monoisotopic (exact) mass is 569 g/mol. The average Bonchev–Trinajstić information content (AvgIpc) is 3.39. The third-order valence-electron chi connectivity index (χ3n) is 7.54. The van der Waals surface area contributed by atoms with Crippen LogP contribution in [0.25, 0.3) is 11.1 Å². The Hall–Kier alpha value is -4.25. The molecule has 6 nitrogen and oxygen atoms in total. The van der Waals surface area contributed by atoms with Crippen molar-refractivity contribution in [2.45, 2.75) is 51.3 Å². The minimum absolute atomic E-state index is 0.184. The van der Waals surface area contributed by atoms with Gasteiger partial charge in [-0.25, -0.2) is 4.39 Å². The molecule has 1 aromatic heterocycles. The Morgan fingerprint density at radius 2 is 1.98 bits per heavy atom. The first-order valence-electron chi connectivity index (χ1n) is 13.4. The van der Waals surface area contributed by atoms with Crippen LogP contribution in [-0.2, 0) is 30.8 Å². The van der Waals surface area contributed by atoms with Gasteiger partial charge in [-0.3, -0.25) is 9.78 Å². The SMILES string of the molecule is C[C@@H](NCc1cc(Cl)c(C[C@H]2CCc3c(-c4ccccc4F)cccc32)cc1OCc1cncc(C#N)c1)C(=O)O. The summed E-state index contributed by atoms with van der Waals surface area (Å²) < 4.78 is 20.8. The molecule has 0 spiro atoms. The highest BCUT2D eigenvalue weighted by atomic mass is 35.5. The molecule has 0 amide bonds. The number of rotatable bonds is 10. The maximum Gasteiger partial charge on any atom is 0.320 e. The highest BCUT2D eigenvalue weighted by Crippen LogP contribution is 2.42. The highest BCUT2D eigenvalue weighted by Gasteiger charge is 2.27. The number of pyridine rings is 1. The van der Waals surface area contributed by atoms with Crippen molar-refractivity contribution in [1.82, 2.24) is 10.3 Å². The van der Waals surface area contributed by atoms with E-state index in [1.165, 1.54) is 23.4 Å². The first-order valence-corrected chi connectivity index (χ1v) is 13.8. The fourth-order valence-corrected chi connectivity index (χ4v) is 5.62. The standard InChI is InChI=1S/C33H29ClFN3O3/c1-20(33(39)40)38-18-25-13-30(34)24(14-32(25)41-19-22-11-21(15-36)16-37-17-22)12-23-9-10-28-26(23)6-4-7-27(28)29-5-2-3-8-31(29)35/h2-8,11,13-14,16-17,20,23,38H,9-10,12,18-19H2,1H3,(H,39,40)/t20-,23-/m1/s1. The number of nitriles is 1. The van der Waals surface area contributed by atoms with Crippen LogP contribution in [0.15, 0.2) is 73.1 Å². The molecular weight excluding hydrogens is 541 g/mol. The maximum absolute atomic E-state index is 14.6. The Labute approximate surface area is 243 Å². The van der Waals surface area contributed by atoms with Crippen LogP contribution in [0.1, 0.15) is 52.6 Å². The second kappa shape index (κ2) is 12.5. The molecule has 0 saturated heterocycles. The highest BCUT2D eigenvalue weighted by molar-refractivity contribution is 6.31. The number of carboxylic acids is 1. The summed E-state index contributed by atoms with van der Waals surface area (Å²) in [6.07, 6.45) is 5.57. The molecule has 1 aliphatic rings. The van der Waals surface area contributed by atoms with Gasteiger partial charge in [0.25, 0.3) is 0 Å². The van der Waals surface area contributed by atoms with Crippen molar-refractivity contribution in [3.05, 3.63) is 117 Å². The first kappa shape index (κ1) is 28.3. The molecule has 0 radical (unpaired) electrons. The van der Waals surface area contributed by atoms with Gasteiger partial charge in [-0.2, -0.15) is 5.26 Å². The number of hydrogen-bond acceptors (Lipinski definition) is 5. The van der Waals surface area contributed by atoms with E-state index in [1.54, 1.807) is 25.3 Å². The molecule has 0 fully saturated rings. The zero-order chi connectivity index (χ0) is 28.9. The van der Waals surface area contributed by atoms with E-state index < -0.39 is 12.0 Å². The van der Waals surface area contributed by atoms with Gasteiger partial charge in [0.05, 0.1) is 5.56 Å². The summed E-state index contributed by atoms with van der Waals surface area (Å²) in [7, 11) is 0. The number of carbonyl (C=O) groups is 1. The smallest absolute Gasteiger partial charge is 0.320 e. The lowest BCUT2D eigenvalue weighted by Gasteiger charge is -2.19. The van der Waals surface area contributed by atoms with Crippen molar-refractivity contribution >= 4 is 17.6 Å². The van der Waals surface area contributed by atoms with Gasteiger partial charge in [0.2, 0.25) is 0 Å². The Morgan fingerprint density at radius 3 is 2.76 bits per heavy atom. The van der Waals surface area contributed by atoms with E-state index in [1.807, 2.05) is 36.4 Å². The Morgan fingerprint density at radius 1 is 1.17 bits per heavy atom. The van der Waals surface area contributed by atoms with Crippen molar-refractivity contribution in [2.24, 2.45) is 0 Å². The lowest BCUT2D eigenvalue weighted by atomic mass is 9.90. The summed E-state index contributed by atoms with van der Waals surface area (Å²) in [5, 5.41) is 22.1. The molecule has 8 heteroatoms. The molecule has 0 aliphatic heterocycles. The van der Waals surface area contributed by atoms with Gasteiger partial charge in [0.15, 0.2) is 0 Å². The lowest BCUT2D eigenvalue weighted by molar-refractivity contribution is -0.139. The first-order chi connectivity index (χ1) is 19.8. The quantitative estimate of drug-likeness (QED) is 0.217. The summed E-state index contributed by atoms with van der Waals surface area (Å²) in [6, 6.07) is 19.7. The van der Waals surface area contributed by atoms with E-state index in [-0.39, 0.29) is 24.9 Å². The van der Waals surface area contributed by atoms with Crippen LogP contribution in [0.5, 0.6) is 5.75 Å². The maximum atomic E-state index is 14.6. The fraction of sp³-hybridized carbons (Fsp3) is 0.242. The topological polar surface area (TPSA) is 95.2 Å². The van der Waals surface area contributed by atoms with E-state index in [0.29, 0.717) is 28.3 Å². The van der Waals surface area contributed by atoms with Crippen molar-refractivity contribution in [1.29, 1.82) is 5.26 Å². The summed E-state index contributed by atoms with van der Waals surface area (Å²) in [6.45, 7) is 2.01. The number of hydrogen-bond donors (Lipinski definition) is 2. The van der Waals surface area contributed by atoms with Crippen LogP contribution >= 0.6 is 11.6 Å². The minimum Gasteiger partial charge on any atom is -0.489 e. The third kappa shape index (κ3) is 6.40. The molecule has 5 rings (SSSR count). The van der Waals surface area contributed by atoms with Crippen molar-refractivity contribution in [2.75, 3.05) is 0 Å². The van der Waals surface area contributed by atoms with Gasteiger partial charge in [-0.1, -0.05) is 48.0 Å². The van der Waals surface area contributed by atoms with Crippen molar-refractivity contribution in [3.8, 4) is 22.9 Å². The summed E-state index contributed by atoms with van der Waals surface area (Å²) in [5.74, 6) is -0.403. The Bertz CT molecular complexity index is 1630. The van der Waals surface area contributed by atoms with Crippen LogP contribution in [0, 0.1) is 17.1 Å². The number of aliphatic carboxylic acids is 1. The van der Waals surface area contributed by atoms with Crippen LogP contribution < -0.4 is 10.1 Å². The largest absolute Gasteiger partial charge is 0.489 e. The molecule has 0 bridgehead atoms. The zero-order valence-electron chi connectivity index (χ0n) is 22.5. The fourth-order valence-electron chi connectivity index (χ4n) is 5.35. The number of nitrogens with zero attached hydrogens (tertiary/aromatic N) is 2. The number of ether oxygens (including phenoxy) is 1. The van der Waals surface area contributed by atoms with Gasteiger partial charge in [-0.15, -0.1) is 0 Å². The Kier molecular flexibility index (Phi) is 8.63. The zero-order valence-corrected chi connectivity index (χ0v) is 23.3. The van der Waals surface area contributed by atoms with Gasteiger partial charge in [0, 0.05) is 40.7 Å². The van der Waals surface area contributed by atoms with Crippen LogP contribution in [-0.4, -0.2) is 22.1 Å². The van der Waals surface area contributed by atoms with E-state index in [0.717, 1.165) is 35.1 Å².